The summed E-state index contributed by atoms with van der Waals surface area (Å²) in [7, 11) is 0. The van der Waals surface area contributed by atoms with E-state index < -0.39 is 11.9 Å². The highest BCUT2D eigenvalue weighted by atomic mass is 16.5. The Morgan fingerprint density at radius 3 is 1.56 bits per heavy atom. The predicted molar refractivity (Wildman–Crippen MR) is 57.1 cm³/mol. The summed E-state index contributed by atoms with van der Waals surface area (Å²) < 4.78 is 9.30. The first kappa shape index (κ1) is 15.7. The molecule has 0 aromatic carbocycles. The summed E-state index contributed by atoms with van der Waals surface area (Å²) in [6, 6.07) is 0. The highest BCUT2D eigenvalue weighted by Gasteiger charge is 2.08. The van der Waals surface area contributed by atoms with Crippen LogP contribution in [0.2, 0.25) is 0 Å². The maximum Gasteiger partial charge on any atom is 0.306 e. The number of carbonyl (C=O) groups is 2. The van der Waals surface area contributed by atoms with Crippen molar-refractivity contribution in [1.82, 2.24) is 0 Å². The smallest absolute Gasteiger partial charge is 0.306 e. The largest absolute Gasteiger partial charge is 0.464 e. The standard InChI is InChI=1S/C10H12N2O6/c13-7-11-3-5-17-9(15)1-2-10(16)18-6-4-12-8-14/h1-6H2. The van der Waals surface area contributed by atoms with Gasteiger partial charge in [0.1, 0.15) is 13.2 Å². The zero-order valence-electron chi connectivity index (χ0n) is 9.59. The first-order chi connectivity index (χ1) is 8.70. The number of esters is 2. The molecule has 0 aliphatic carbocycles. The lowest BCUT2D eigenvalue weighted by Gasteiger charge is -2.03. The minimum absolute atomic E-state index is 0.0306. The Hall–Kier alpha value is -2.30. The van der Waals surface area contributed by atoms with Gasteiger partial charge in [-0.15, -0.1) is 0 Å². The highest BCUT2D eigenvalue weighted by molar-refractivity contribution is 5.77. The van der Waals surface area contributed by atoms with Crippen LogP contribution in [-0.4, -0.2) is 50.4 Å². The first-order valence-electron chi connectivity index (χ1n) is 5.09. The third-order valence-electron chi connectivity index (χ3n) is 1.59. The summed E-state index contributed by atoms with van der Waals surface area (Å²) in [5.41, 5.74) is 0. The van der Waals surface area contributed by atoms with Gasteiger partial charge in [0.15, 0.2) is 0 Å². The third-order valence-corrected chi connectivity index (χ3v) is 1.59. The van der Waals surface area contributed by atoms with Crippen molar-refractivity contribution in [2.45, 2.75) is 12.8 Å². The lowest BCUT2D eigenvalue weighted by atomic mass is 10.3. The molecule has 0 fully saturated rings. The molecular weight excluding hydrogens is 244 g/mol. The van der Waals surface area contributed by atoms with Gasteiger partial charge in [-0.2, -0.15) is 0 Å². The molecule has 0 radical (unpaired) electrons. The molecule has 0 saturated heterocycles. The van der Waals surface area contributed by atoms with Crippen LogP contribution < -0.4 is 0 Å². The van der Waals surface area contributed by atoms with Gasteiger partial charge in [-0.05, 0) is 0 Å². The normalized spacial score (nSPS) is 8.67. The summed E-state index contributed by atoms with van der Waals surface area (Å²) in [4.78, 5) is 47.8. The van der Waals surface area contributed by atoms with Crippen LogP contribution in [0, 0.1) is 0 Å². The lowest BCUT2D eigenvalue weighted by Crippen LogP contribution is -2.13. The maximum atomic E-state index is 11.0. The number of rotatable bonds is 9. The summed E-state index contributed by atoms with van der Waals surface area (Å²) in [6.45, 7) is 0.0289. The van der Waals surface area contributed by atoms with Crippen LogP contribution in [0.25, 0.3) is 0 Å². The van der Waals surface area contributed by atoms with Gasteiger partial charge >= 0.3 is 11.9 Å². The Morgan fingerprint density at radius 2 is 1.22 bits per heavy atom. The number of ether oxygens (including phenoxy) is 2. The molecule has 0 unspecified atom stereocenters. The molecule has 0 aliphatic rings. The molecule has 0 bridgehead atoms. The van der Waals surface area contributed by atoms with E-state index in [1.165, 1.54) is 12.2 Å². The minimum atomic E-state index is -0.584. The Morgan fingerprint density at radius 1 is 0.833 bits per heavy atom. The van der Waals surface area contributed by atoms with Crippen LogP contribution >= 0.6 is 0 Å². The lowest BCUT2D eigenvalue weighted by molar-refractivity contribution is -0.150. The van der Waals surface area contributed by atoms with Crippen LogP contribution in [0.5, 0.6) is 0 Å². The number of nitrogens with zero attached hydrogens (tertiary/aromatic N) is 2. The van der Waals surface area contributed by atoms with E-state index in [1.54, 1.807) is 0 Å². The average Bonchev–Trinajstić information content (AvgIpc) is 2.37. The first-order valence-corrected chi connectivity index (χ1v) is 5.09. The number of hydrogen-bond donors (Lipinski definition) is 0. The van der Waals surface area contributed by atoms with Crippen molar-refractivity contribution in [3.05, 3.63) is 0 Å². The van der Waals surface area contributed by atoms with E-state index in [0.717, 1.165) is 0 Å². The molecule has 0 saturated carbocycles. The minimum Gasteiger partial charge on any atom is -0.464 e. The van der Waals surface area contributed by atoms with E-state index >= 15 is 0 Å². The monoisotopic (exact) mass is 256 g/mol. The van der Waals surface area contributed by atoms with E-state index in [-0.39, 0.29) is 39.1 Å². The fourth-order valence-corrected chi connectivity index (χ4v) is 0.850. The summed E-state index contributed by atoms with van der Waals surface area (Å²) in [6.07, 6.45) is 2.35. The molecule has 8 heteroatoms. The zero-order valence-corrected chi connectivity index (χ0v) is 9.59. The number of carbonyl (C=O) groups excluding carboxylic acids is 4. The van der Waals surface area contributed by atoms with Crippen molar-refractivity contribution in [2.75, 3.05) is 26.3 Å². The van der Waals surface area contributed by atoms with Gasteiger partial charge in [0, 0.05) is 0 Å². The molecule has 0 aromatic rings. The van der Waals surface area contributed by atoms with Crippen LogP contribution in [0.3, 0.4) is 0 Å². The summed E-state index contributed by atoms with van der Waals surface area (Å²) in [5.74, 6) is -1.17. The van der Waals surface area contributed by atoms with Crippen molar-refractivity contribution in [3.8, 4) is 0 Å². The number of isocyanates is 2. The summed E-state index contributed by atoms with van der Waals surface area (Å²) >= 11 is 0. The second-order valence-corrected chi connectivity index (χ2v) is 2.89. The Bertz CT molecular complexity index is 333. The van der Waals surface area contributed by atoms with Gasteiger partial charge in [0.25, 0.3) is 0 Å². The van der Waals surface area contributed by atoms with E-state index in [2.05, 4.69) is 19.5 Å². The average molecular weight is 256 g/mol. The predicted octanol–water partition coefficient (Wildman–Crippen LogP) is -0.475. The third kappa shape index (κ3) is 10.2. The number of aliphatic imine (C=N–C) groups is 2. The molecule has 0 aromatic heterocycles. The zero-order chi connectivity index (χ0) is 13.6. The quantitative estimate of drug-likeness (QED) is 0.238. The molecule has 0 rings (SSSR count). The second-order valence-electron chi connectivity index (χ2n) is 2.89. The second kappa shape index (κ2) is 11.2. The van der Waals surface area contributed by atoms with Crippen LogP contribution in [0.15, 0.2) is 9.98 Å². The van der Waals surface area contributed by atoms with Gasteiger partial charge in [-0.3, -0.25) is 9.59 Å². The molecule has 0 atom stereocenters. The molecule has 0 N–H and O–H groups in total. The fourth-order valence-electron chi connectivity index (χ4n) is 0.850. The Balaban J connectivity index is 3.55. The molecule has 0 amide bonds. The van der Waals surface area contributed by atoms with Gasteiger partial charge in [-0.25, -0.2) is 19.6 Å². The van der Waals surface area contributed by atoms with Gasteiger partial charge in [0.2, 0.25) is 12.2 Å². The SMILES string of the molecule is O=C=NCCOC(=O)CCC(=O)OCCN=C=O. The van der Waals surface area contributed by atoms with E-state index in [4.69, 9.17) is 0 Å². The van der Waals surface area contributed by atoms with Gasteiger partial charge in [0.05, 0.1) is 25.9 Å². The van der Waals surface area contributed by atoms with Crippen molar-refractivity contribution >= 4 is 24.1 Å². The van der Waals surface area contributed by atoms with Crippen LogP contribution in [0.4, 0.5) is 0 Å². The van der Waals surface area contributed by atoms with Crippen molar-refractivity contribution < 1.29 is 28.7 Å². The van der Waals surface area contributed by atoms with Crippen LogP contribution in [-0.2, 0) is 28.7 Å². The summed E-state index contributed by atoms with van der Waals surface area (Å²) in [5, 5.41) is 0. The molecule has 0 spiro atoms. The Labute approximate surface area is 103 Å². The molecular formula is C10H12N2O6. The van der Waals surface area contributed by atoms with Gasteiger partial charge in [-0.1, -0.05) is 0 Å². The highest BCUT2D eigenvalue weighted by Crippen LogP contribution is 1.96. The topological polar surface area (TPSA) is 111 Å². The molecule has 18 heavy (non-hydrogen) atoms. The van der Waals surface area contributed by atoms with E-state index in [1.807, 2.05) is 0 Å². The molecule has 0 aliphatic heterocycles. The molecule has 98 valence electrons. The number of hydrogen-bond acceptors (Lipinski definition) is 8. The van der Waals surface area contributed by atoms with E-state index in [0.29, 0.717) is 0 Å². The maximum absolute atomic E-state index is 11.0. The van der Waals surface area contributed by atoms with Crippen molar-refractivity contribution in [1.29, 1.82) is 0 Å². The fraction of sp³-hybridized carbons (Fsp3) is 0.600. The van der Waals surface area contributed by atoms with Crippen molar-refractivity contribution in [2.24, 2.45) is 9.98 Å². The van der Waals surface area contributed by atoms with E-state index in [9.17, 15) is 19.2 Å². The van der Waals surface area contributed by atoms with Crippen molar-refractivity contribution in [3.63, 3.8) is 0 Å². The molecule has 8 nitrogen and oxygen atoms in total. The van der Waals surface area contributed by atoms with Crippen LogP contribution in [0.1, 0.15) is 12.8 Å². The molecule has 0 heterocycles. The van der Waals surface area contributed by atoms with Gasteiger partial charge < -0.3 is 9.47 Å². The Kier molecular flexibility index (Phi) is 9.76.